The van der Waals surface area contributed by atoms with Gasteiger partial charge in [-0.05, 0) is 48.9 Å². The molecule has 0 amide bonds. The predicted octanol–water partition coefficient (Wildman–Crippen LogP) is 5.80. The molecule has 1 unspecified atom stereocenters. The maximum atomic E-state index is 13.7. The monoisotopic (exact) mass is 477 g/mol. The number of alkyl halides is 6. The summed E-state index contributed by atoms with van der Waals surface area (Å²) in [6, 6.07) is 10.2. The molecule has 0 saturated heterocycles. The third-order valence-corrected chi connectivity index (χ3v) is 5.12. The number of aliphatic imine (C=N–C) groups is 1. The highest BCUT2D eigenvalue weighted by Gasteiger charge is 2.35. The first-order valence-electron chi connectivity index (χ1n) is 9.93. The maximum absolute atomic E-state index is 13.7. The molecule has 1 atom stereocenters. The molecule has 5 nitrogen and oxygen atoms in total. The molecule has 4 rings (SSSR count). The van der Waals surface area contributed by atoms with Gasteiger partial charge in [-0.3, -0.25) is 10.7 Å². The van der Waals surface area contributed by atoms with Crippen molar-refractivity contribution in [1.29, 1.82) is 0 Å². The van der Waals surface area contributed by atoms with Gasteiger partial charge in [0.1, 0.15) is 5.69 Å². The highest BCUT2D eigenvalue weighted by molar-refractivity contribution is 5.80. The number of hydrogen-bond donors (Lipinski definition) is 1. The van der Waals surface area contributed by atoms with E-state index in [1.165, 1.54) is 19.2 Å². The molecule has 3 aromatic rings. The molecule has 0 aliphatic carbocycles. The van der Waals surface area contributed by atoms with Crippen LogP contribution in [0.15, 0.2) is 65.8 Å². The molecule has 0 spiro atoms. The number of anilines is 1. The Morgan fingerprint density at radius 3 is 2.29 bits per heavy atom. The van der Waals surface area contributed by atoms with E-state index in [1.54, 1.807) is 35.4 Å². The van der Waals surface area contributed by atoms with Crippen LogP contribution in [0.1, 0.15) is 16.8 Å². The molecule has 176 valence electrons. The van der Waals surface area contributed by atoms with E-state index in [1.807, 2.05) is 0 Å². The number of rotatable bonds is 3. The van der Waals surface area contributed by atoms with Crippen LogP contribution in [0.2, 0.25) is 0 Å². The second-order valence-corrected chi connectivity index (χ2v) is 7.46. The maximum Gasteiger partial charge on any atom is 0.433 e. The van der Waals surface area contributed by atoms with E-state index >= 15 is 0 Å². The zero-order valence-electron chi connectivity index (χ0n) is 17.6. The van der Waals surface area contributed by atoms with E-state index in [-0.39, 0.29) is 28.2 Å². The summed E-state index contributed by atoms with van der Waals surface area (Å²) in [6.45, 7) is 1.24. The van der Waals surface area contributed by atoms with E-state index in [0.29, 0.717) is 11.8 Å². The summed E-state index contributed by atoms with van der Waals surface area (Å²) in [4.78, 5) is 13.6. The Morgan fingerprint density at radius 1 is 0.912 bits per heavy atom. The third kappa shape index (κ3) is 4.65. The van der Waals surface area contributed by atoms with E-state index in [0.717, 1.165) is 18.2 Å². The van der Waals surface area contributed by atoms with Crippen molar-refractivity contribution in [2.24, 2.45) is 10.7 Å². The number of nitrogens with two attached hydrogens (primary N) is 1. The van der Waals surface area contributed by atoms with E-state index < -0.39 is 29.9 Å². The van der Waals surface area contributed by atoms with Gasteiger partial charge in [0.25, 0.3) is 0 Å². The van der Waals surface area contributed by atoms with E-state index in [9.17, 15) is 26.3 Å². The molecular formula is C23H17F6N5. The number of hydrogen-bond acceptors (Lipinski definition) is 5. The lowest BCUT2D eigenvalue weighted by Gasteiger charge is -2.28. The van der Waals surface area contributed by atoms with Crippen LogP contribution < -0.4 is 10.6 Å². The predicted molar refractivity (Wildman–Crippen MR) is 116 cm³/mol. The SMILES string of the molecule is Cc1cc(-c2cc(C(F)(F)F)nc(-c3ccccc3N3C=CC=NC3N)n2)ccc1C(F)(F)F. The summed E-state index contributed by atoms with van der Waals surface area (Å²) in [5, 5.41) is 0. The molecule has 0 saturated carbocycles. The zero-order valence-corrected chi connectivity index (χ0v) is 17.6. The van der Waals surface area contributed by atoms with Gasteiger partial charge < -0.3 is 4.90 Å². The Bertz CT molecular complexity index is 1280. The summed E-state index contributed by atoms with van der Waals surface area (Å²) in [5.41, 5.74) is 4.36. The Balaban J connectivity index is 1.89. The minimum Gasteiger partial charge on any atom is -0.313 e. The number of halogens is 6. The molecule has 2 heterocycles. The van der Waals surface area contributed by atoms with Gasteiger partial charge in [0.05, 0.1) is 16.9 Å². The highest BCUT2D eigenvalue weighted by Crippen LogP contribution is 2.37. The molecule has 2 aromatic carbocycles. The minimum atomic E-state index is -4.81. The smallest absolute Gasteiger partial charge is 0.313 e. The van der Waals surface area contributed by atoms with E-state index in [4.69, 9.17) is 5.73 Å². The topological polar surface area (TPSA) is 67.4 Å². The van der Waals surface area contributed by atoms with Crippen LogP contribution in [0.5, 0.6) is 0 Å². The van der Waals surface area contributed by atoms with Gasteiger partial charge in [0, 0.05) is 23.5 Å². The van der Waals surface area contributed by atoms with Crippen molar-refractivity contribution in [3.63, 3.8) is 0 Å². The first-order chi connectivity index (χ1) is 15.9. The molecule has 1 aliphatic rings. The lowest BCUT2D eigenvalue weighted by molar-refractivity contribution is -0.141. The second-order valence-electron chi connectivity index (χ2n) is 7.46. The van der Waals surface area contributed by atoms with Gasteiger partial charge in [0.15, 0.2) is 12.1 Å². The van der Waals surface area contributed by atoms with Crippen molar-refractivity contribution in [2.45, 2.75) is 25.6 Å². The Hall–Kier alpha value is -3.73. The van der Waals surface area contributed by atoms with Crippen LogP contribution in [-0.2, 0) is 12.4 Å². The fourth-order valence-electron chi connectivity index (χ4n) is 3.54. The van der Waals surface area contributed by atoms with Crippen LogP contribution in [0.25, 0.3) is 22.6 Å². The normalized spacial score (nSPS) is 16.2. The van der Waals surface area contributed by atoms with Crippen molar-refractivity contribution in [2.75, 3.05) is 4.90 Å². The van der Waals surface area contributed by atoms with Crippen LogP contribution in [0.4, 0.5) is 32.0 Å². The Morgan fingerprint density at radius 2 is 1.65 bits per heavy atom. The number of nitrogens with zero attached hydrogens (tertiary/aromatic N) is 4. The Labute approximate surface area is 190 Å². The van der Waals surface area contributed by atoms with Gasteiger partial charge in [0.2, 0.25) is 0 Å². The molecular weight excluding hydrogens is 460 g/mol. The van der Waals surface area contributed by atoms with Crippen LogP contribution in [0.3, 0.4) is 0 Å². The van der Waals surface area contributed by atoms with Gasteiger partial charge in [-0.1, -0.05) is 18.2 Å². The van der Waals surface area contributed by atoms with Crippen molar-refractivity contribution in [3.8, 4) is 22.6 Å². The molecule has 11 heteroatoms. The molecule has 2 N–H and O–H groups in total. The van der Waals surface area contributed by atoms with Crippen molar-refractivity contribution < 1.29 is 26.3 Å². The molecule has 0 fully saturated rings. The molecule has 1 aromatic heterocycles. The number of aromatic nitrogens is 2. The Kier molecular flexibility index (Phi) is 5.90. The largest absolute Gasteiger partial charge is 0.433 e. The second kappa shape index (κ2) is 8.56. The molecule has 1 aliphatic heterocycles. The van der Waals surface area contributed by atoms with Gasteiger partial charge >= 0.3 is 12.4 Å². The number of aryl methyl sites for hydroxylation is 1. The summed E-state index contributed by atoms with van der Waals surface area (Å²) in [5.74, 6) is -0.256. The van der Waals surface area contributed by atoms with Crippen molar-refractivity contribution in [1.82, 2.24) is 9.97 Å². The number of allylic oxidation sites excluding steroid dienone is 1. The summed E-state index contributed by atoms with van der Waals surface area (Å²) >= 11 is 0. The number of benzene rings is 2. The van der Waals surface area contributed by atoms with Gasteiger partial charge in [-0.15, -0.1) is 0 Å². The quantitative estimate of drug-likeness (QED) is 0.484. The van der Waals surface area contributed by atoms with Crippen LogP contribution >= 0.6 is 0 Å². The first-order valence-corrected chi connectivity index (χ1v) is 9.93. The lowest BCUT2D eigenvalue weighted by Crippen LogP contribution is -2.38. The summed E-state index contributed by atoms with van der Waals surface area (Å²) in [6.07, 6.45) is -5.48. The fraction of sp³-hybridized carbons (Fsp3) is 0.174. The van der Waals surface area contributed by atoms with E-state index in [2.05, 4.69) is 15.0 Å². The third-order valence-electron chi connectivity index (χ3n) is 5.12. The highest BCUT2D eigenvalue weighted by atomic mass is 19.4. The van der Waals surface area contributed by atoms with Crippen LogP contribution in [0, 0.1) is 6.92 Å². The van der Waals surface area contributed by atoms with Crippen molar-refractivity contribution in [3.05, 3.63) is 77.6 Å². The summed E-state index contributed by atoms with van der Waals surface area (Å²) in [7, 11) is 0. The minimum absolute atomic E-state index is 0.0938. The fourth-order valence-corrected chi connectivity index (χ4v) is 3.54. The molecule has 34 heavy (non-hydrogen) atoms. The van der Waals surface area contributed by atoms with Crippen LogP contribution in [-0.4, -0.2) is 22.5 Å². The molecule has 0 radical (unpaired) electrons. The van der Waals surface area contributed by atoms with Crippen molar-refractivity contribution >= 4 is 11.9 Å². The summed E-state index contributed by atoms with van der Waals surface area (Å²) < 4.78 is 80.5. The standard InChI is InChI=1S/C23H17F6N5/c1-13-11-14(7-8-16(13)22(24,25)26)17-12-19(23(27,28)29)33-20(32-17)15-5-2-3-6-18(15)34-10-4-9-31-21(34)30/h2-12,21H,30H2,1H3. The lowest BCUT2D eigenvalue weighted by atomic mass is 10.0. The van der Waals surface area contributed by atoms with Gasteiger partial charge in [-0.2, -0.15) is 26.3 Å². The average molecular weight is 477 g/mol. The first kappa shape index (κ1) is 23.4. The zero-order chi connectivity index (χ0) is 24.7. The molecule has 0 bridgehead atoms. The number of para-hydroxylation sites is 1. The van der Waals surface area contributed by atoms with Gasteiger partial charge in [-0.25, -0.2) is 9.97 Å². The average Bonchev–Trinajstić information content (AvgIpc) is 2.77.